The number of anilines is 1. The molecule has 0 aromatic heterocycles. The molecule has 1 aromatic rings. The van der Waals surface area contributed by atoms with Crippen LogP contribution in [0.4, 0.5) is 11.4 Å². The van der Waals surface area contributed by atoms with Crippen molar-refractivity contribution in [1.29, 1.82) is 5.39 Å². The van der Waals surface area contributed by atoms with Gasteiger partial charge >= 0.3 is 32.7 Å². The molecule has 0 aliphatic carbocycles. The Hall–Kier alpha value is -0.357. The Morgan fingerprint density at radius 3 is 2.25 bits per heavy atom. The van der Waals surface area contributed by atoms with Gasteiger partial charge in [-0.2, -0.15) is 0 Å². The van der Waals surface area contributed by atoms with Crippen molar-refractivity contribution in [1.82, 2.24) is 0 Å². The molecule has 6 heteroatoms. The van der Waals surface area contributed by atoms with Crippen LogP contribution in [0.5, 0.6) is 0 Å². The maximum absolute atomic E-state index is 8.56. The van der Waals surface area contributed by atoms with Gasteiger partial charge in [-0.05, 0) is 19.9 Å². The summed E-state index contributed by atoms with van der Waals surface area (Å²) >= 11 is 6.89. The quantitative estimate of drug-likeness (QED) is 0.613. The molecule has 0 N–H and O–H groups in total. The topological polar surface area (TPSA) is 31.4 Å². The molecule has 3 nitrogen and oxygen atoms in total. The van der Waals surface area contributed by atoms with Crippen molar-refractivity contribution in [2.24, 2.45) is 0 Å². The van der Waals surface area contributed by atoms with Crippen LogP contribution in [0.1, 0.15) is 13.8 Å². The third-order valence-corrected chi connectivity index (χ3v) is 2.45. The molecule has 1 rings (SSSR count). The molecule has 0 atom stereocenters. The van der Waals surface area contributed by atoms with Crippen molar-refractivity contribution in [2.75, 3.05) is 18.0 Å². The van der Waals surface area contributed by atoms with Crippen molar-refractivity contribution in [3.05, 3.63) is 28.2 Å². The number of halogens is 2. The second kappa shape index (κ2) is 8.76. The molecule has 0 aliphatic heterocycles. The molecule has 0 aliphatic rings. The summed E-state index contributed by atoms with van der Waals surface area (Å²) in [6.45, 7) is 5.96. The normalized spacial score (nSPS) is 8.62. The van der Waals surface area contributed by atoms with E-state index in [4.69, 9.17) is 26.7 Å². The van der Waals surface area contributed by atoms with Gasteiger partial charge in [-0.1, -0.05) is 11.6 Å². The van der Waals surface area contributed by atoms with Gasteiger partial charge in [0.2, 0.25) is 5.39 Å². The van der Waals surface area contributed by atoms with E-state index in [1.807, 2.05) is 6.07 Å². The molecule has 16 heavy (non-hydrogen) atoms. The van der Waals surface area contributed by atoms with Gasteiger partial charge < -0.3 is 4.90 Å². The molecule has 0 radical (unpaired) electrons. The maximum atomic E-state index is 8.56. The van der Waals surface area contributed by atoms with Crippen LogP contribution in [0.25, 0.3) is 4.98 Å². The average molecular weight is 312 g/mol. The second-order valence-corrected chi connectivity index (χ2v) is 3.32. The van der Waals surface area contributed by atoms with Crippen molar-refractivity contribution in [3.63, 3.8) is 0 Å². The van der Waals surface area contributed by atoms with Crippen LogP contribution in [0.3, 0.4) is 0 Å². The van der Waals surface area contributed by atoms with Crippen molar-refractivity contribution in [3.8, 4) is 0 Å². The fraction of sp³-hybridized carbons (Fsp3) is 0.400. The van der Waals surface area contributed by atoms with Gasteiger partial charge in [0.25, 0.3) is 0 Å². The first-order valence-corrected chi connectivity index (χ1v) is 9.17. The Morgan fingerprint density at radius 2 is 1.88 bits per heavy atom. The summed E-state index contributed by atoms with van der Waals surface area (Å²) in [6.07, 6.45) is 0. The Bertz CT molecular complexity index is 362. The molecule has 0 amide bonds. The van der Waals surface area contributed by atoms with E-state index in [1.165, 1.54) is 0 Å². The average Bonchev–Trinajstić information content (AvgIpc) is 2.35. The summed E-state index contributed by atoms with van der Waals surface area (Å²) in [6, 6.07) is 5.25. The summed E-state index contributed by atoms with van der Waals surface area (Å²) in [5.74, 6) is 0. The van der Waals surface area contributed by atoms with Crippen LogP contribution < -0.4 is 4.90 Å². The number of benzene rings is 1. The predicted molar refractivity (Wildman–Crippen MR) is 65.6 cm³/mol. The number of nitrogens with zero attached hydrogens (tertiary/aromatic N) is 3. The van der Waals surface area contributed by atoms with Crippen LogP contribution in [0.15, 0.2) is 18.2 Å². The second-order valence-electron chi connectivity index (χ2n) is 2.91. The van der Waals surface area contributed by atoms with Gasteiger partial charge in [0.15, 0.2) is 4.98 Å². The molecule has 0 bridgehead atoms. The van der Waals surface area contributed by atoms with Gasteiger partial charge in [0.1, 0.15) is 0 Å². The van der Waals surface area contributed by atoms with E-state index in [0.29, 0.717) is 10.7 Å². The van der Waals surface area contributed by atoms with E-state index in [0.717, 1.165) is 36.1 Å². The molecule has 0 fully saturated rings. The molecule has 0 saturated carbocycles. The van der Waals surface area contributed by atoms with E-state index >= 15 is 0 Å². The van der Waals surface area contributed by atoms with Crippen LogP contribution in [-0.4, -0.2) is 13.1 Å². The summed E-state index contributed by atoms with van der Waals surface area (Å²) in [4.78, 5) is 5.22. The third kappa shape index (κ3) is 4.25. The van der Waals surface area contributed by atoms with E-state index in [1.54, 1.807) is 12.1 Å². The number of hydrogen-bond donors (Lipinski definition) is 0. The van der Waals surface area contributed by atoms with Crippen LogP contribution >= 0.6 is 21.3 Å². The van der Waals surface area contributed by atoms with E-state index in [9.17, 15) is 0 Å². The minimum absolute atomic E-state index is 0.478. The van der Waals surface area contributed by atoms with Gasteiger partial charge in [0, 0.05) is 19.2 Å². The van der Waals surface area contributed by atoms with E-state index in [-0.39, 0.29) is 0 Å². The van der Waals surface area contributed by atoms with Crippen LogP contribution in [0, 0.1) is 5.39 Å². The summed E-state index contributed by atoms with van der Waals surface area (Å²) in [5.41, 5.74) is 1.45. The molecule has 84 valence electrons. The molecule has 0 heterocycles. The fourth-order valence-corrected chi connectivity index (χ4v) is 1.67. The molecule has 0 unspecified atom stereocenters. The number of rotatable bonds is 3. The Morgan fingerprint density at radius 1 is 1.31 bits per heavy atom. The minimum atomic E-state index is 0.478. The molecule has 0 spiro atoms. The zero-order valence-corrected chi connectivity index (χ0v) is 13.9. The zero-order chi connectivity index (χ0) is 12.6. The van der Waals surface area contributed by atoms with Gasteiger partial charge in [0.05, 0.1) is 16.8 Å². The molecular formula is C10H13Cl2N3Zn. The number of diazo groups is 1. The van der Waals surface area contributed by atoms with Gasteiger partial charge in [-0.25, -0.2) is 0 Å². The standard InChI is InChI=1S/C10H13ClN3.ClH.Zn/c1-3-14(4-2)10-6-5-8(13-12)7-9(10)11;;/h5-7H,3-4H2,1-2H3;1H;/q+1;;/p-1. The van der Waals surface area contributed by atoms with Crippen molar-refractivity contribution in [2.45, 2.75) is 13.8 Å². The first-order valence-electron chi connectivity index (χ1n) is 4.89. The molecule has 0 saturated heterocycles. The van der Waals surface area contributed by atoms with Crippen molar-refractivity contribution >= 4 is 32.7 Å². The fourth-order valence-electron chi connectivity index (χ4n) is 1.38. The van der Waals surface area contributed by atoms with Crippen molar-refractivity contribution < 1.29 is 17.3 Å². The van der Waals surface area contributed by atoms with E-state index in [2.05, 4.69) is 23.7 Å². The van der Waals surface area contributed by atoms with Crippen LogP contribution in [-0.2, 0) is 17.3 Å². The SMILES string of the molecule is CCN(CC)c1ccc([N+]#N)cc1Cl.[Cl][Zn-]. The summed E-state index contributed by atoms with van der Waals surface area (Å²) in [5, 5.41) is 9.17. The molecular weight excluding hydrogens is 298 g/mol. The third-order valence-electron chi connectivity index (χ3n) is 2.15. The Kier molecular flexibility index (Phi) is 8.56. The van der Waals surface area contributed by atoms with E-state index < -0.39 is 0 Å². The Balaban J connectivity index is 0.00000106. The van der Waals surface area contributed by atoms with Gasteiger partial charge in [-0.15, -0.1) is 0 Å². The first-order chi connectivity index (χ1) is 7.72. The monoisotopic (exact) mass is 309 g/mol. The van der Waals surface area contributed by atoms with Gasteiger partial charge in [-0.3, -0.25) is 0 Å². The molecule has 1 aromatic carbocycles. The van der Waals surface area contributed by atoms with Crippen LogP contribution in [0.2, 0.25) is 5.02 Å². The zero-order valence-electron chi connectivity index (χ0n) is 9.45. The predicted octanol–water partition coefficient (Wildman–Crippen LogP) is 4.36. The number of hydrogen-bond acceptors (Lipinski definition) is 2. The summed E-state index contributed by atoms with van der Waals surface area (Å²) in [7, 11) is 4.76. The summed E-state index contributed by atoms with van der Waals surface area (Å²) < 4.78 is 0. The first kappa shape index (κ1) is 15.6. The Labute approximate surface area is 115 Å².